The minimum Gasteiger partial charge on any atom is -0.309 e. The molecular formula is C34H38N4O5. The van der Waals surface area contributed by atoms with Crippen molar-refractivity contribution in [2.24, 2.45) is 17.8 Å². The van der Waals surface area contributed by atoms with Gasteiger partial charge in [0.25, 0.3) is 5.91 Å². The van der Waals surface area contributed by atoms with E-state index < -0.39 is 35.6 Å². The lowest BCUT2D eigenvalue weighted by Crippen LogP contribution is -2.51. The molecule has 1 aliphatic rings. The topological polar surface area (TPSA) is 108 Å². The predicted molar refractivity (Wildman–Crippen MR) is 163 cm³/mol. The van der Waals surface area contributed by atoms with Gasteiger partial charge in [0, 0.05) is 6.54 Å². The molecule has 1 saturated heterocycles. The van der Waals surface area contributed by atoms with Crippen LogP contribution in [0.25, 0.3) is 6.08 Å². The van der Waals surface area contributed by atoms with Gasteiger partial charge in [-0.3, -0.25) is 24.6 Å². The van der Waals surface area contributed by atoms with Crippen molar-refractivity contribution in [1.29, 1.82) is 0 Å². The molecule has 2 N–H and O–H groups in total. The number of hydrogen-bond donors (Lipinski definition) is 2. The highest BCUT2D eigenvalue weighted by Gasteiger charge is 2.40. The number of hydroxylamine groups is 1. The molecule has 2 atom stereocenters. The summed E-state index contributed by atoms with van der Waals surface area (Å²) in [5.74, 6) is -3.19. The number of allylic oxidation sites excluding steroid dienone is 1. The van der Waals surface area contributed by atoms with Crippen LogP contribution in [0, 0.1) is 17.8 Å². The number of benzene rings is 3. The summed E-state index contributed by atoms with van der Waals surface area (Å²) in [5, 5.41) is 0.763. The van der Waals surface area contributed by atoms with Crippen LogP contribution in [0.1, 0.15) is 43.4 Å². The summed E-state index contributed by atoms with van der Waals surface area (Å²) >= 11 is 0. The van der Waals surface area contributed by atoms with E-state index in [1.807, 2.05) is 117 Å². The number of carbonyl (C=O) groups is 4. The lowest BCUT2D eigenvalue weighted by Gasteiger charge is -2.28. The van der Waals surface area contributed by atoms with Gasteiger partial charge < -0.3 is 4.90 Å². The van der Waals surface area contributed by atoms with Crippen LogP contribution in [0.5, 0.6) is 0 Å². The third-order valence-electron chi connectivity index (χ3n) is 7.11. The van der Waals surface area contributed by atoms with E-state index in [1.165, 1.54) is 4.90 Å². The van der Waals surface area contributed by atoms with Gasteiger partial charge in [-0.1, -0.05) is 117 Å². The van der Waals surface area contributed by atoms with Crippen molar-refractivity contribution in [3.63, 3.8) is 0 Å². The van der Waals surface area contributed by atoms with Gasteiger partial charge in [0.2, 0.25) is 11.8 Å². The number of imide groups is 1. The number of nitrogens with one attached hydrogen (secondary N) is 2. The van der Waals surface area contributed by atoms with Crippen LogP contribution in [0.4, 0.5) is 4.79 Å². The average Bonchev–Trinajstić information content (AvgIpc) is 3.26. The van der Waals surface area contributed by atoms with Crippen molar-refractivity contribution in [3.05, 3.63) is 114 Å². The smallest absolute Gasteiger partial charge is 0.309 e. The Morgan fingerprint density at radius 1 is 0.837 bits per heavy atom. The normalized spacial score (nSPS) is 14.8. The summed E-state index contributed by atoms with van der Waals surface area (Å²) < 4.78 is 0. The zero-order valence-corrected chi connectivity index (χ0v) is 24.5. The Balaban J connectivity index is 1.49. The van der Waals surface area contributed by atoms with E-state index in [0.29, 0.717) is 6.42 Å². The molecule has 0 unspecified atom stereocenters. The second kappa shape index (κ2) is 15.5. The monoisotopic (exact) mass is 582 g/mol. The van der Waals surface area contributed by atoms with Crippen LogP contribution >= 0.6 is 0 Å². The molecule has 0 bridgehead atoms. The van der Waals surface area contributed by atoms with Crippen LogP contribution in [-0.4, -0.2) is 40.2 Å². The molecule has 0 spiro atoms. The van der Waals surface area contributed by atoms with Crippen molar-refractivity contribution in [2.75, 3.05) is 6.54 Å². The Hall–Kier alpha value is -4.76. The molecule has 0 saturated carbocycles. The van der Waals surface area contributed by atoms with Gasteiger partial charge in [-0.25, -0.2) is 10.3 Å². The van der Waals surface area contributed by atoms with E-state index in [1.54, 1.807) is 0 Å². The van der Waals surface area contributed by atoms with E-state index in [4.69, 9.17) is 4.84 Å². The van der Waals surface area contributed by atoms with Crippen molar-refractivity contribution in [3.8, 4) is 0 Å². The molecule has 43 heavy (non-hydrogen) atoms. The summed E-state index contributed by atoms with van der Waals surface area (Å²) in [6, 6.07) is 27.8. The van der Waals surface area contributed by atoms with E-state index in [-0.39, 0.29) is 32.0 Å². The Morgan fingerprint density at radius 3 is 2.07 bits per heavy atom. The molecule has 9 nitrogen and oxygen atoms in total. The largest absolute Gasteiger partial charge is 0.346 e. The molecule has 1 fully saturated rings. The predicted octanol–water partition coefficient (Wildman–Crippen LogP) is 5.11. The summed E-state index contributed by atoms with van der Waals surface area (Å²) in [5.41, 5.74) is 7.76. The van der Waals surface area contributed by atoms with Crippen molar-refractivity contribution >= 4 is 29.8 Å². The van der Waals surface area contributed by atoms with Gasteiger partial charge in [0.05, 0.1) is 18.4 Å². The first-order chi connectivity index (χ1) is 20.8. The van der Waals surface area contributed by atoms with Gasteiger partial charge in [0.1, 0.15) is 6.54 Å². The number of urea groups is 1. The summed E-state index contributed by atoms with van der Waals surface area (Å²) in [4.78, 5) is 60.1. The van der Waals surface area contributed by atoms with Gasteiger partial charge in [-0.05, 0) is 35.4 Å². The molecule has 3 aromatic carbocycles. The van der Waals surface area contributed by atoms with Crippen LogP contribution in [-0.2, 0) is 32.4 Å². The number of hydrogen-bond acceptors (Lipinski definition) is 5. The van der Waals surface area contributed by atoms with E-state index in [0.717, 1.165) is 21.7 Å². The molecule has 3 aromatic rings. The third kappa shape index (κ3) is 9.11. The second-order valence-electron chi connectivity index (χ2n) is 11.0. The van der Waals surface area contributed by atoms with E-state index in [9.17, 15) is 19.2 Å². The van der Waals surface area contributed by atoms with Gasteiger partial charge in [-0.15, -0.1) is 0 Å². The van der Waals surface area contributed by atoms with E-state index >= 15 is 0 Å². The maximum Gasteiger partial charge on any atom is 0.346 e. The highest BCUT2D eigenvalue weighted by Crippen LogP contribution is 2.26. The fourth-order valence-electron chi connectivity index (χ4n) is 4.95. The number of amides is 5. The fourth-order valence-corrected chi connectivity index (χ4v) is 4.95. The fraction of sp³-hybridized carbons (Fsp3) is 0.294. The van der Waals surface area contributed by atoms with Crippen LogP contribution in [0.15, 0.2) is 97.1 Å². The van der Waals surface area contributed by atoms with Crippen molar-refractivity contribution in [2.45, 2.75) is 39.8 Å². The Morgan fingerprint density at radius 2 is 1.44 bits per heavy atom. The molecule has 1 heterocycles. The molecule has 5 amide bonds. The molecule has 0 aliphatic carbocycles. The summed E-state index contributed by atoms with van der Waals surface area (Å²) in [7, 11) is 0. The Bertz CT molecular complexity index is 1400. The molecule has 224 valence electrons. The van der Waals surface area contributed by atoms with Crippen LogP contribution in [0.3, 0.4) is 0 Å². The first-order valence-corrected chi connectivity index (χ1v) is 14.4. The van der Waals surface area contributed by atoms with Gasteiger partial charge in [0.15, 0.2) is 0 Å². The number of carbonyl (C=O) groups excluding carboxylic acids is 4. The molecule has 0 aromatic heterocycles. The lowest BCUT2D eigenvalue weighted by atomic mass is 9.82. The lowest BCUT2D eigenvalue weighted by molar-refractivity contribution is -0.147. The molecule has 1 aliphatic heterocycles. The Labute approximate surface area is 252 Å². The molecule has 9 heteroatoms. The SMILES string of the molecule is CC(C)C[C@@H](C(=O)NN1C(=O)CN(Cc2ccccc2)C1=O)[C@H](CC=Cc1ccccc1)C(=O)NOCc1ccccc1. The molecular weight excluding hydrogens is 544 g/mol. The highest BCUT2D eigenvalue weighted by atomic mass is 16.6. The Kier molecular flexibility index (Phi) is 11.2. The summed E-state index contributed by atoms with van der Waals surface area (Å²) in [6.07, 6.45) is 4.34. The van der Waals surface area contributed by atoms with Gasteiger partial charge in [-0.2, -0.15) is 5.01 Å². The third-order valence-corrected chi connectivity index (χ3v) is 7.11. The quantitative estimate of drug-likeness (QED) is 0.203. The van der Waals surface area contributed by atoms with Gasteiger partial charge >= 0.3 is 6.03 Å². The maximum absolute atomic E-state index is 13.7. The maximum atomic E-state index is 13.7. The zero-order valence-electron chi connectivity index (χ0n) is 24.5. The van der Waals surface area contributed by atoms with E-state index in [2.05, 4.69) is 10.9 Å². The standard InChI is InChI=1S/C34H38N4O5/c1-25(2)21-30(32(40)35-38-31(39)23-37(34(38)42)22-27-15-8-4-9-16-27)29(20-12-19-26-13-6-3-7-14-26)33(41)36-43-24-28-17-10-5-11-18-28/h3-19,25,29-30H,20-24H2,1-2H3,(H,35,40)(H,36,41)/t29-,30+/m0/s1. The van der Waals surface area contributed by atoms with Crippen LogP contribution in [0.2, 0.25) is 0 Å². The highest BCUT2D eigenvalue weighted by molar-refractivity contribution is 6.03. The first-order valence-electron chi connectivity index (χ1n) is 14.4. The van der Waals surface area contributed by atoms with Crippen LogP contribution < -0.4 is 10.9 Å². The zero-order chi connectivity index (χ0) is 30.6. The first kappa shape index (κ1) is 31.2. The van der Waals surface area contributed by atoms with Crippen molar-refractivity contribution in [1.82, 2.24) is 20.8 Å². The minimum atomic E-state index is -0.843. The average molecular weight is 583 g/mol. The molecule has 0 radical (unpaired) electrons. The van der Waals surface area contributed by atoms with Crippen molar-refractivity contribution < 1.29 is 24.0 Å². The molecule has 4 rings (SSSR count). The minimum absolute atomic E-state index is 0.0500. The number of nitrogens with zero attached hydrogens (tertiary/aromatic N) is 2. The number of hydrazine groups is 1. The second-order valence-corrected chi connectivity index (χ2v) is 11.0. The number of rotatable bonds is 14. The summed E-state index contributed by atoms with van der Waals surface area (Å²) in [6.45, 7) is 4.15.